The first-order valence-electron chi connectivity index (χ1n) is 3.18. The van der Waals surface area contributed by atoms with Gasteiger partial charge >= 0.3 is 6.18 Å². The molecule has 0 amide bonds. The van der Waals surface area contributed by atoms with E-state index >= 15 is 0 Å². The number of hydrogen-bond donors (Lipinski definition) is 0. The Labute approximate surface area is 64.7 Å². The van der Waals surface area contributed by atoms with E-state index in [9.17, 15) is 18.0 Å². The Morgan fingerprint density at radius 3 is 2.27 bits per heavy atom. The Kier molecular flexibility index (Phi) is 3.31. The van der Waals surface area contributed by atoms with Crippen LogP contribution in [0.2, 0.25) is 12.6 Å². The van der Waals surface area contributed by atoms with Gasteiger partial charge in [-0.05, 0) is 12.6 Å². The average Bonchev–Trinajstić information content (AvgIpc) is 1.83. The number of rotatable bonds is 3. The summed E-state index contributed by atoms with van der Waals surface area (Å²) in [7, 11) is -2.99. The van der Waals surface area contributed by atoms with Gasteiger partial charge in [-0.1, -0.05) is 5.70 Å². The molecule has 1 nitrogen and oxygen atoms in total. The maximum absolute atomic E-state index is 11.6. The molecule has 11 heavy (non-hydrogen) atoms. The predicted molar refractivity (Wildman–Crippen MR) is 38.0 cm³/mol. The lowest BCUT2D eigenvalue weighted by Crippen LogP contribution is -2.27. The zero-order chi connectivity index (χ0) is 9.12. The molecule has 0 bridgehead atoms. The molecule has 0 aromatic rings. The van der Waals surface area contributed by atoms with Crippen molar-refractivity contribution in [1.82, 2.24) is 0 Å². The van der Waals surface area contributed by atoms with Gasteiger partial charge in [-0.15, -0.1) is 6.58 Å². The predicted octanol–water partition coefficient (Wildman–Crippen LogP) is 2.67. The minimum absolute atomic E-state index is 0.306. The molecule has 0 aliphatic rings. The standard InChI is InChI=1S/C6H10F3OSi/c1-3-11(2,10)5-4-6(7,8)9/h3H,1,4-5H2,2H3. The van der Waals surface area contributed by atoms with Gasteiger partial charge in [0, 0.05) is 6.42 Å². The molecule has 0 spiro atoms. The van der Waals surface area contributed by atoms with Crippen LogP contribution in [0.25, 0.3) is 0 Å². The first-order valence-corrected chi connectivity index (χ1v) is 5.87. The molecule has 0 aromatic heterocycles. The van der Waals surface area contributed by atoms with Crippen LogP contribution in [0, 0.1) is 0 Å². The van der Waals surface area contributed by atoms with Crippen LogP contribution >= 0.6 is 0 Å². The summed E-state index contributed by atoms with van der Waals surface area (Å²) in [6.07, 6.45) is -5.19. The Morgan fingerprint density at radius 1 is 1.55 bits per heavy atom. The fourth-order valence-corrected chi connectivity index (χ4v) is 1.48. The summed E-state index contributed by atoms with van der Waals surface area (Å²) in [4.78, 5) is 11.0. The molecular weight excluding hydrogens is 173 g/mol. The van der Waals surface area contributed by atoms with Crippen LogP contribution < -0.4 is 0 Å². The third kappa shape index (κ3) is 6.12. The van der Waals surface area contributed by atoms with E-state index in [1.165, 1.54) is 6.55 Å². The third-order valence-corrected chi connectivity index (χ3v) is 3.44. The number of hydrogen-bond acceptors (Lipinski definition) is 0. The van der Waals surface area contributed by atoms with E-state index in [0.717, 1.165) is 5.70 Å². The average molecular weight is 183 g/mol. The van der Waals surface area contributed by atoms with Gasteiger partial charge in [-0.3, -0.25) is 4.80 Å². The zero-order valence-corrected chi connectivity index (χ0v) is 7.24. The lowest BCUT2D eigenvalue weighted by Gasteiger charge is -2.13. The van der Waals surface area contributed by atoms with Crippen molar-refractivity contribution in [3.05, 3.63) is 12.3 Å². The van der Waals surface area contributed by atoms with Crippen LogP contribution in [0.5, 0.6) is 0 Å². The van der Waals surface area contributed by atoms with Gasteiger partial charge < -0.3 is 0 Å². The monoisotopic (exact) mass is 183 g/mol. The van der Waals surface area contributed by atoms with Crippen LogP contribution in [0.1, 0.15) is 6.42 Å². The van der Waals surface area contributed by atoms with Gasteiger partial charge in [0.25, 0.3) is 8.32 Å². The van der Waals surface area contributed by atoms with Crippen molar-refractivity contribution in [2.45, 2.75) is 25.2 Å². The topological polar surface area (TPSA) is 19.9 Å². The van der Waals surface area contributed by atoms with Gasteiger partial charge in [0.15, 0.2) is 0 Å². The summed E-state index contributed by atoms with van der Waals surface area (Å²) in [5.41, 5.74) is 1.14. The van der Waals surface area contributed by atoms with Crippen LogP contribution in [0.3, 0.4) is 0 Å². The minimum Gasteiger partial charge on any atom is -0.292 e. The van der Waals surface area contributed by atoms with E-state index in [0.29, 0.717) is 0 Å². The molecular formula is C6H10F3OSi. The first-order chi connectivity index (χ1) is 4.77. The maximum Gasteiger partial charge on any atom is 0.388 e. The molecule has 0 saturated carbocycles. The normalized spacial score (nSPS) is 17.5. The van der Waals surface area contributed by atoms with E-state index in [1.807, 2.05) is 0 Å². The van der Waals surface area contributed by atoms with Gasteiger partial charge in [-0.25, -0.2) is 0 Å². The van der Waals surface area contributed by atoms with Crippen molar-refractivity contribution in [2.75, 3.05) is 0 Å². The summed E-state index contributed by atoms with van der Waals surface area (Å²) < 4.78 is 34.7. The number of alkyl halides is 3. The van der Waals surface area contributed by atoms with E-state index in [-0.39, 0.29) is 6.04 Å². The third-order valence-electron chi connectivity index (χ3n) is 1.34. The van der Waals surface area contributed by atoms with E-state index in [2.05, 4.69) is 6.58 Å². The van der Waals surface area contributed by atoms with Crippen molar-refractivity contribution < 1.29 is 18.0 Å². The summed E-state index contributed by atoms with van der Waals surface area (Å²) in [6, 6.07) is -0.306. The Morgan fingerprint density at radius 2 is 2.00 bits per heavy atom. The van der Waals surface area contributed by atoms with E-state index in [1.54, 1.807) is 0 Å². The molecule has 0 fully saturated rings. The van der Waals surface area contributed by atoms with Crippen LogP contribution in [0.4, 0.5) is 13.2 Å². The summed E-state index contributed by atoms with van der Waals surface area (Å²) >= 11 is 0. The molecule has 5 heteroatoms. The zero-order valence-electron chi connectivity index (χ0n) is 6.24. The molecule has 0 saturated heterocycles. The molecule has 0 N–H and O–H groups in total. The number of halogens is 3. The van der Waals surface area contributed by atoms with E-state index < -0.39 is 20.9 Å². The van der Waals surface area contributed by atoms with Crippen LogP contribution in [-0.4, -0.2) is 14.5 Å². The second kappa shape index (κ2) is 3.40. The van der Waals surface area contributed by atoms with Gasteiger partial charge in [0.2, 0.25) is 0 Å². The molecule has 0 aliphatic heterocycles. The lowest BCUT2D eigenvalue weighted by atomic mass is 10.5. The first kappa shape index (κ1) is 10.7. The Hall–Kier alpha value is -0.293. The fourth-order valence-electron chi connectivity index (χ4n) is 0.492. The van der Waals surface area contributed by atoms with Crippen molar-refractivity contribution >= 4 is 8.32 Å². The summed E-state index contributed by atoms with van der Waals surface area (Å²) in [5.74, 6) is 0. The highest BCUT2D eigenvalue weighted by atomic mass is 28.4. The largest absolute Gasteiger partial charge is 0.388 e. The maximum atomic E-state index is 11.6. The second-order valence-electron chi connectivity index (χ2n) is 2.63. The second-order valence-corrected chi connectivity index (χ2v) is 6.17. The van der Waals surface area contributed by atoms with Crippen molar-refractivity contribution in [3.63, 3.8) is 0 Å². The summed E-state index contributed by atoms with van der Waals surface area (Å²) in [6.45, 7) is 4.54. The van der Waals surface area contributed by atoms with Crippen molar-refractivity contribution in [3.8, 4) is 0 Å². The fraction of sp³-hybridized carbons (Fsp3) is 0.667. The lowest BCUT2D eigenvalue weighted by molar-refractivity contribution is -0.131. The highest BCUT2D eigenvalue weighted by Crippen LogP contribution is 2.25. The molecule has 0 rings (SSSR count). The summed E-state index contributed by atoms with van der Waals surface area (Å²) in [5, 5.41) is 0. The smallest absolute Gasteiger partial charge is 0.292 e. The highest BCUT2D eigenvalue weighted by molar-refractivity contribution is 6.75. The molecule has 0 aromatic carbocycles. The van der Waals surface area contributed by atoms with Crippen LogP contribution in [-0.2, 0) is 4.80 Å². The molecule has 1 unspecified atom stereocenters. The molecule has 0 heterocycles. The Bertz CT molecular complexity index is 141. The Balaban J connectivity index is 3.79. The van der Waals surface area contributed by atoms with Gasteiger partial charge in [0.1, 0.15) is 0 Å². The SMILES string of the molecule is C=C[Si](C)([O])CCC(F)(F)F. The van der Waals surface area contributed by atoms with Crippen LogP contribution in [0.15, 0.2) is 12.3 Å². The quantitative estimate of drug-likeness (QED) is 0.599. The van der Waals surface area contributed by atoms with Crippen molar-refractivity contribution in [2.24, 2.45) is 0 Å². The van der Waals surface area contributed by atoms with Gasteiger partial charge in [0.05, 0.1) is 0 Å². The molecule has 65 valence electrons. The van der Waals surface area contributed by atoms with Crippen molar-refractivity contribution in [1.29, 1.82) is 0 Å². The highest BCUT2D eigenvalue weighted by Gasteiger charge is 2.33. The minimum atomic E-state index is -4.21. The molecule has 1 atom stereocenters. The molecule has 0 aliphatic carbocycles. The molecule has 1 radical (unpaired) electrons. The van der Waals surface area contributed by atoms with E-state index in [4.69, 9.17) is 0 Å². The van der Waals surface area contributed by atoms with Gasteiger partial charge in [-0.2, -0.15) is 13.2 Å².